The number of carbonyl (C=O) groups is 1. The molecule has 0 atom stereocenters. The molecule has 1 amide bonds. The van der Waals surface area contributed by atoms with Gasteiger partial charge in [0, 0.05) is 18.8 Å². The summed E-state index contributed by atoms with van der Waals surface area (Å²) in [5.74, 6) is -0.173. The molecule has 1 aromatic rings. The van der Waals surface area contributed by atoms with Gasteiger partial charge in [-0.2, -0.15) is 0 Å². The number of hydrogen-bond donors (Lipinski definition) is 1. The van der Waals surface area contributed by atoms with Gasteiger partial charge in [-0.1, -0.05) is 6.07 Å². The topological polar surface area (TPSA) is 51.1 Å². The second-order valence-electron chi connectivity index (χ2n) is 2.80. The van der Waals surface area contributed by atoms with Crippen LogP contribution in [0.15, 0.2) is 23.1 Å². The molecule has 4 heteroatoms. The fourth-order valence-electron chi connectivity index (χ4n) is 1.02. The molecule has 1 N–H and O–H groups in total. The number of aromatic nitrogens is 1. The van der Waals surface area contributed by atoms with E-state index in [1.54, 1.807) is 32.3 Å². The SMILES string of the molecule is CNC(=O)Cn1cccc(C)c1=O. The number of hydrogen-bond acceptors (Lipinski definition) is 2. The van der Waals surface area contributed by atoms with Gasteiger partial charge >= 0.3 is 0 Å². The van der Waals surface area contributed by atoms with Gasteiger partial charge < -0.3 is 9.88 Å². The van der Waals surface area contributed by atoms with Crippen molar-refractivity contribution in [1.29, 1.82) is 0 Å². The van der Waals surface area contributed by atoms with E-state index >= 15 is 0 Å². The molecule has 1 aromatic heterocycles. The Hall–Kier alpha value is -1.58. The molecule has 0 radical (unpaired) electrons. The van der Waals surface area contributed by atoms with Gasteiger partial charge in [0.1, 0.15) is 6.54 Å². The number of carbonyl (C=O) groups excluding carboxylic acids is 1. The summed E-state index contributed by atoms with van der Waals surface area (Å²) in [6.07, 6.45) is 1.60. The summed E-state index contributed by atoms with van der Waals surface area (Å²) in [7, 11) is 1.54. The second-order valence-corrected chi connectivity index (χ2v) is 2.80. The van der Waals surface area contributed by atoms with Crippen molar-refractivity contribution in [2.24, 2.45) is 0 Å². The average Bonchev–Trinajstić information content (AvgIpc) is 2.13. The van der Waals surface area contributed by atoms with Crippen molar-refractivity contribution in [3.8, 4) is 0 Å². The molecule has 0 fully saturated rings. The molecule has 0 unspecified atom stereocenters. The third-order valence-corrected chi connectivity index (χ3v) is 1.80. The van der Waals surface area contributed by atoms with E-state index < -0.39 is 0 Å². The third-order valence-electron chi connectivity index (χ3n) is 1.80. The largest absolute Gasteiger partial charge is 0.358 e. The molecule has 0 spiro atoms. The molecule has 13 heavy (non-hydrogen) atoms. The van der Waals surface area contributed by atoms with Crippen LogP contribution in [0.25, 0.3) is 0 Å². The Morgan fingerprint density at radius 1 is 1.62 bits per heavy atom. The molecule has 0 saturated carbocycles. The number of aryl methyl sites for hydroxylation is 1. The van der Waals surface area contributed by atoms with E-state index in [4.69, 9.17) is 0 Å². The molecule has 0 bridgehead atoms. The average molecular weight is 180 g/mol. The van der Waals surface area contributed by atoms with Crippen LogP contribution in [0.1, 0.15) is 5.56 Å². The Balaban J connectivity index is 2.96. The van der Waals surface area contributed by atoms with Gasteiger partial charge in [0.25, 0.3) is 5.56 Å². The number of amides is 1. The standard InChI is InChI=1S/C9H12N2O2/c1-7-4-3-5-11(9(7)13)6-8(12)10-2/h3-5H,6H2,1-2H3,(H,10,12). The van der Waals surface area contributed by atoms with Crippen LogP contribution in [0, 0.1) is 6.92 Å². The Kier molecular flexibility index (Phi) is 2.84. The van der Waals surface area contributed by atoms with Crippen molar-refractivity contribution < 1.29 is 4.79 Å². The fraction of sp³-hybridized carbons (Fsp3) is 0.333. The van der Waals surface area contributed by atoms with Gasteiger partial charge in [-0.25, -0.2) is 0 Å². The fourth-order valence-corrected chi connectivity index (χ4v) is 1.02. The summed E-state index contributed by atoms with van der Waals surface area (Å²) < 4.78 is 1.38. The molecule has 4 nitrogen and oxygen atoms in total. The van der Waals surface area contributed by atoms with Crippen LogP contribution in [-0.4, -0.2) is 17.5 Å². The van der Waals surface area contributed by atoms with Crippen molar-refractivity contribution in [2.45, 2.75) is 13.5 Å². The van der Waals surface area contributed by atoms with Gasteiger partial charge in [0.15, 0.2) is 0 Å². The van der Waals surface area contributed by atoms with E-state index in [1.807, 2.05) is 0 Å². The predicted octanol–water partition coefficient (Wildman–Crippen LogP) is -0.0973. The highest BCUT2D eigenvalue weighted by Gasteiger charge is 2.02. The van der Waals surface area contributed by atoms with Crippen LogP contribution in [0.2, 0.25) is 0 Å². The second kappa shape index (κ2) is 3.89. The van der Waals surface area contributed by atoms with Crippen LogP contribution < -0.4 is 10.9 Å². The van der Waals surface area contributed by atoms with E-state index in [2.05, 4.69) is 5.32 Å². The number of nitrogens with one attached hydrogen (secondary N) is 1. The molecule has 1 rings (SSSR count). The monoisotopic (exact) mass is 180 g/mol. The highest BCUT2D eigenvalue weighted by Crippen LogP contribution is 1.88. The van der Waals surface area contributed by atoms with Gasteiger partial charge in [-0.3, -0.25) is 9.59 Å². The summed E-state index contributed by atoms with van der Waals surface area (Å²) in [6.45, 7) is 1.81. The number of nitrogens with zero attached hydrogens (tertiary/aromatic N) is 1. The van der Waals surface area contributed by atoms with Crippen molar-refractivity contribution in [3.63, 3.8) is 0 Å². The van der Waals surface area contributed by atoms with E-state index in [1.165, 1.54) is 4.57 Å². The number of rotatable bonds is 2. The first-order valence-electron chi connectivity index (χ1n) is 4.02. The molecule has 0 saturated heterocycles. The van der Waals surface area contributed by atoms with Crippen LogP contribution in [-0.2, 0) is 11.3 Å². The highest BCUT2D eigenvalue weighted by molar-refractivity contribution is 5.75. The molecule has 70 valence electrons. The van der Waals surface area contributed by atoms with Gasteiger partial charge in [0.05, 0.1) is 0 Å². The van der Waals surface area contributed by atoms with E-state index in [-0.39, 0.29) is 18.0 Å². The van der Waals surface area contributed by atoms with Crippen molar-refractivity contribution in [3.05, 3.63) is 34.2 Å². The lowest BCUT2D eigenvalue weighted by atomic mass is 10.3. The quantitative estimate of drug-likeness (QED) is 0.691. The normalized spacial score (nSPS) is 9.69. The van der Waals surface area contributed by atoms with Gasteiger partial charge in [-0.15, -0.1) is 0 Å². The summed E-state index contributed by atoms with van der Waals surface area (Å²) in [4.78, 5) is 22.4. The first kappa shape index (κ1) is 9.51. The zero-order valence-electron chi connectivity index (χ0n) is 7.70. The van der Waals surface area contributed by atoms with Crippen molar-refractivity contribution >= 4 is 5.91 Å². The minimum atomic E-state index is -0.173. The third kappa shape index (κ3) is 2.18. The Bertz CT molecular complexity index is 368. The molecule has 0 aliphatic heterocycles. The van der Waals surface area contributed by atoms with E-state index in [0.29, 0.717) is 5.56 Å². The molecular weight excluding hydrogens is 168 g/mol. The number of likely N-dealkylation sites (N-methyl/N-ethyl adjacent to an activating group) is 1. The maximum absolute atomic E-state index is 11.4. The molecule has 0 aliphatic rings. The summed E-state index contributed by atoms with van der Waals surface area (Å²) in [5, 5.41) is 2.46. The van der Waals surface area contributed by atoms with Crippen LogP contribution in [0.5, 0.6) is 0 Å². The molecule has 1 heterocycles. The zero-order valence-corrected chi connectivity index (χ0v) is 7.70. The van der Waals surface area contributed by atoms with Crippen LogP contribution in [0.4, 0.5) is 0 Å². The Morgan fingerprint density at radius 3 is 2.92 bits per heavy atom. The summed E-state index contributed by atoms with van der Waals surface area (Å²) in [6, 6.07) is 3.47. The van der Waals surface area contributed by atoms with Gasteiger partial charge in [-0.05, 0) is 13.0 Å². The van der Waals surface area contributed by atoms with Crippen LogP contribution in [0.3, 0.4) is 0 Å². The first-order chi connectivity index (χ1) is 6.15. The molecule has 0 aromatic carbocycles. The smallest absolute Gasteiger partial charge is 0.253 e. The lowest BCUT2D eigenvalue weighted by Gasteiger charge is -2.04. The lowest BCUT2D eigenvalue weighted by Crippen LogP contribution is -2.30. The molecular formula is C9H12N2O2. The summed E-state index contributed by atoms with van der Waals surface area (Å²) in [5.41, 5.74) is 0.525. The Labute approximate surface area is 76.2 Å². The highest BCUT2D eigenvalue weighted by atomic mass is 16.2. The zero-order chi connectivity index (χ0) is 9.84. The van der Waals surface area contributed by atoms with Crippen LogP contribution >= 0.6 is 0 Å². The lowest BCUT2D eigenvalue weighted by molar-refractivity contribution is -0.121. The maximum Gasteiger partial charge on any atom is 0.253 e. The van der Waals surface area contributed by atoms with Crippen molar-refractivity contribution in [1.82, 2.24) is 9.88 Å². The minimum Gasteiger partial charge on any atom is -0.358 e. The minimum absolute atomic E-state index is 0.0804. The first-order valence-corrected chi connectivity index (χ1v) is 4.02. The number of pyridine rings is 1. The van der Waals surface area contributed by atoms with Crippen molar-refractivity contribution in [2.75, 3.05) is 7.05 Å². The van der Waals surface area contributed by atoms with E-state index in [9.17, 15) is 9.59 Å². The van der Waals surface area contributed by atoms with Gasteiger partial charge in [0.2, 0.25) is 5.91 Å². The Morgan fingerprint density at radius 2 is 2.31 bits per heavy atom. The summed E-state index contributed by atoms with van der Waals surface area (Å²) >= 11 is 0. The molecule has 0 aliphatic carbocycles. The maximum atomic E-state index is 11.4. The van der Waals surface area contributed by atoms with E-state index in [0.717, 1.165) is 0 Å². The predicted molar refractivity (Wildman–Crippen MR) is 49.5 cm³/mol.